The molecule has 0 amide bonds. The highest BCUT2D eigenvalue weighted by molar-refractivity contribution is 8.00. The van der Waals surface area contributed by atoms with Crippen molar-refractivity contribution in [3.63, 3.8) is 0 Å². The van der Waals surface area contributed by atoms with Crippen molar-refractivity contribution in [1.29, 1.82) is 0 Å². The van der Waals surface area contributed by atoms with Crippen molar-refractivity contribution in [1.82, 2.24) is 19.1 Å². The summed E-state index contributed by atoms with van der Waals surface area (Å²) in [5.74, 6) is -1.52. The van der Waals surface area contributed by atoms with Crippen molar-refractivity contribution in [3.05, 3.63) is 50.1 Å². The number of benzene rings is 1. The molecule has 8 nitrogen and oxygen atoms in total. The van der Waals surface area contributed by atoms with Crippen LogP contribution in [0.25, 0.3) is 22.4 Å². The number of fused-ring (bicyclic) bond motifs is 1. The van der Waals surface area contributed by atoms with E-state index >= 15 is 0 Å². The Morgan fingerprint density at radius 1 is 1.19 bits per heavy atom. The van der Waals surface area contributed by atoms with Gasteiger partial charge in [0.05, 0.1) is 11.0 Å². The maximum absolute atomic E-state index is 12.5. The average molecular weight is 392 g/mol. The summed E-state index contributed by atoms with van der Waals surface area (Å²) in [5.41, 5.74) is -0.555. The summed E-state index contributed by atoms with van der Waals surface area (Å²) < 4.78 is 2.13. The van der Waals surface area contributed by atoms with Crippen LogP contribution in [0.3, 0.4) is 0 Å². The molecule has 0 aliphatic heterocycles. The van der Waals surface area contributed by atoms with E-state index in [1.54, 1.807) is 24.3 Å². The van der Waals surface area contributed by atoms with E-state index in [4.69, 9.17) is 11.6 Å². The molecule has 0 bridgehead atoms. The van der Waals surface area contributed by atoms with Gasteiger partial charge in [-0.1, -0.05) is 35.5 Å². The monoisotopic (exact) mass is 391 g/mol. The van der Waals surface area contributed by atoms with Crippen molar-refractivity contribution in [2.75, 3.05) is 5.75 Å². The summed E-state index contributed by atoms with van der Waals surface area (Å²) in [4.78, 5) is 44.3. The maximum Gasteiger partial charge on any atom is 0.332 e. The quantitative estimate of drug-likeness (QED) is 0.461. The Kier molecular flexibility index (Phi) is 4.84. The van der Waals surface area contributed by atoms with Crippen LogP contribution in [0.2, 0.25) is 5.02 Å². The van der Waals surface area contributed by atoms with E-state index in [0.29, 0.717) is 10.6 Å². The summed E-state index contributed by atoms with van der Waals surface area (Å²) in [6.07, 6.45) is 0. The Morgan fingerprint density at radius 3 is 2.54 bits per heavy atom. The molecule has 3 aromatic rings. The minimum absolute atomic E-state index is 0.0663. The van der Waals surface area contributed by atoms with Crippen LogP contribution in [-0.2, 0) is 18.9 Å². The second-order valence-corrected chi connectivity index (χ2v) is 6.77. The number of thioether (sulfide) groups is 1. The number of carboxylic acids is 1. The number of hydrogen-bond acceptors (Lipinski definition) is 7. The molecule has 2 heterocycles. The van der Waals surface area contributed by atoms with Crippen molar-refractivity contribution in [2.45, 2.75) is 5.03 Å². The Bertz CT molecular complexity index is 1160. The average Bonchev–Trinajstić information content (AvgIpc) is 2.62. The first kappa shape index (κ1) is 18.2. The molecule has 3 rings (SSSR count). The molecular weight excluding hydrogens is 380 g/mol. The molecule has 26 heavy (non-hydrogen) atoms. The van der Waals surface area contributed by atoms with E-state index in [9.17, 15) is 19.5 Å². The number of aryl methyl sites for hydroxylation is 1. The molecule has 0 unspecified atom stereocenters. The van der Waals surface area contributed by atoms with Crippen LogP contribution >= 0.6 is 23.4 Å². The zero-order valence-corrected chi connectivity index (χ0v) is 15.3. The van der Waals surface area contributed by atoms with Gasteiger partial charge in [0.25, 0.3) is 5.56 Å². The van der Waals surface area contributed by atoms with Gasteiger partial charge in [0.15, 0.2) is 11.5 Å². The molecule has 0 atom stereocenters. The van der Waals surface area contributed by atoms with Gasteiger partial charge >= 0.3 is 5.69 Å². The number of hydrogen-bond donors (Lipinski definition) is 0. The summed E-state index contributed by atoms with van der Waals surface area (Å²) in [6, 6.07) is 6.83. The first-order valence-electron chi connectivity index (χ1n) is 7.36. The van der Waals surface area contributed by atoms with E-state index in [-0.39, 0.29) is 21.9 Å². The lowest BCUT2D eigenvalue weighted by Crippen LogP contribution is -2.37. The zero-order valence-electron chi connectivity index (χ0n) is 13.7. The van der Waals surface area contributed by atoms with Crippen molar-refractivity contribution >= 4 is 40.4 Å². The minimum Gasteiger partial charge on any atom is -0.549 e. The standard InChI is InChI=1S/C16H13ClN4O4S/c1-20-13-11(15(24)21(2)16(20)25)14(26-7-10(22)23)19-12(18-13)8-5-3-4-6-9(8)17/h3-6H,7H2,1-2H3,(H,22,23)/p-1. The number of carboxylic acid groups (broad SMARTS) is 1. The molecule has 0 aliphatic carbocycles. The number of rotatable bonds is 4. The summed E-state index contributed by atoms with van der Waals surface area (Å²) in [5, 5.41) is 11.5. The van der Waals surface area contributed by atoms with Gasteiger partial charge in [-0.05, 0) is 12.1 Å². The number of carbonyl (C=O) groups is 1. The fourth-order valence-electron chi connectivity index (χ4n) is 2.42. The highest BCUT2D eigenvalue weighted by Gasteiger charge is 2.19. The van der Waals surface area contributed by atoms with Crippen molar-refractivity contribution in [3.8, 4) is 11.4 Å². The number of carbonyl (C=O) groups excluding carboxylic acids is 1. The first-order valence-corrected chi connectivity index (χ1v) is 8.73. The van der Waals surface area contributed by atoms with Gasteiger partial charge in [-0.25, -0.2) is 14.8 Å². The van der Waals surface area contributed by atoms with E-state index in [0.717, 1.165) is 16.3 Å². The smallest absolute Gasteiger partial charge is 0.332 e. The van der Waals surface area contributed by atoms with Gasteiger partial charge in [-0.3, -0.25) is 13.9 Å². The first-order chi connectivity index (χ1) is 12.3. The van der Waals surface area contributed by atoms with Gasteiger partial charge in [0.2, 0.25) is 0 Å². The van der Waals surface area contributed by atoms with Gasteiger partial charge in [0.1, 0.15) is 10.4 Å². The van der Waals surface area contributed by atoms with Gasteiger partial charge < -0.3 is 9.90 Å². The fraction of sp³-hybridized carbons (Fsp3) is 0.188. The Balaban J connectivity index is 2.40. The van der Waals surface area contributed by atoms with Gasteiger partial charge in [-0.15, -0.1) is 0 Å². The number of aromatic nitrogens is 4. The lowest BCUT2D eigenvalue weighted by atomic mass is 10.2. The van der Waals surface area contributed by atoms with Crippen molar-refractivity contribution in [2.24, 2.45) is 14.1 Å². The highest BCUT2D eigenvalue weighted by Crippen LogP contribution is 2.29. The SMILES string of the molecule is Cn1c(=O)c2c(SCC(=O)[O-])nc(-c3ccccc3Cl)nc2n(C)c1=O. The van der Waals surface area contributed by atoms with E-state index in [2.05, 4.69) is 9.97 Å². The second-order valence-electron chi connectivity index (χ2n) is 5.40. The molecule has 10 heteroatoms. The third-order valence-electron chi connectivity index (χ3n) is 3.71. The topological polar surface area (TPSA) is 110 Å². The Hall–Kier alpha value is -2.65. The van der Waals surface area contributed by atoms with Crippen LogP contribution in [0.1, 0.15) is 0 Å². The van der Waals surface area contributed by atoms with Crippen LogP contribution in [0.15, 0.2) is 38.9 Å². The molecule has 0 saturated carbocycles. The Morgan fingerprint density at radius 2 is 1.88 bits per heavy atom. The fourth-order valence-corrected chi connectivity index (χ4v) is 3.37. The molecule has 0 saturated heterocycles. The molecule has 0 fully saturated rings. The molecule has 0 N–H and O–H groups in total. The van der Waals surface area contributed by atoms with Gasteiger partial charge in [-0.2, -0.15) is 0 Å². The molecule has 1 aromatic carbocycles. The van der Waals surface area contributed by atoms with Gasteiger partial charge in [0, 0.05) is 25.4 Å². The van der Waals surface area contributed by atoms with Crippen molar-refractivity contribution < 1.29 is 9.90 Å². The molecule has 0 aliphatic rings. The lowest BCUT2D eigenvalue weighted by molar-refractivity contribution is -0.301. The molecular formula is C16H12ClN4O4S-. The predicted octanol–water partition coefficient (Wildman–Crippen LogP) is 0.190. The maximum atomic E-state index is 12.5. The molecule has 2 aromatic heterocycles. The number of nitrogens with zero attached hydrogens (tertiary/aromatic N) is 4. The minimum atomic E-state index is -1.30. The van der Waals surface area contributed by atoms with Crippen LogP contribution in [0, 0.1) is 0 Å². The third kappa shape index (κ3) is 3.11. The number of halogens is 1. The Labute approximate surface area is 156 Å². The third-order valence-corrected chi connectivity index (χ3v) is 4.99. The number of aliphatic carboxylic acids is 1. The molecule has 0 radical (unpaired) electrons. The molecule has 134 valence electrons. The van der Waals surface area contributed by atoms with Crippen LogP contribution in [0.5, 0.6) is 0 Å². The summed E-state index contributed by atoms with van der Waals surface area (Å²) >= 11 is 7.02. The van der Waals surface area contributed by atoms with E-state index < -0.39 is 23.0 Å². The lowest BCUT2D eigenvalue weighted by Gasteiger charge is -2.12. The van der Waals surface area contributed by atoms with Crippen LogP contribution < -0.4 is 16.4 Å². The van der Waals surface area contributed by atoms with Crippen LogP contribution in [0.4, 0.5) is 0 Å². The molecule has 0 spiro atoms. The highest BCUT2D eigenvalue weighted by atomic mass is 35.5. The summed E-state index contributed by atoms with van der Waals surface area (Å²) in [6.45, 7) is 0. The van der Waals surface area contributed by atoms with E-state index in [1.807, 2.05) is 0 Å². The second kappa shape index (κ2) is 6.93. The zero-order chi connectivity index (χ0) is 19.0. The van der Waals surface area contributed by atoms with E-state index in [1.165, 1.54) is 18.7 Å². The normalized spacial score (nSPS) is 11.0. The largest absolute Gasteiger partial charge is 0.549 e. The van der Waals surface area contributed by atoms with Crippen LogP contribution in [-0.4, -0.2) is 30.8 Å². The summed E-state index contributed by atoms with van der Waals surface area (Å²) in [7, 11) is 2.81. The predicted molar refractivity (Wildman–Crippen MR) is 96.2 cm³/mol.